The lowest BCUT2D eigenvalue weighted by molar-refractivity contribution is 0.472. The molecule has 3 atom stereocenters. The number of fused-ring (bicyclic) bond motifs is 2. The van der Waals surface area contributed by atoms with E-state index in [2.05, 4.69) is 65.2 Å². The van der Waals surface area contributed by atoms with Crippen molar-refractivity contribution in [1.82, 2.24) is 0 Å². The average molecular weight is 339 g/mol. The zero-order valence-electron chi connectivity index (χ0n) is 10.1. The molecule has 1 aromatic carbocycles. The maximum absolute atomic E-state index is 3.60. The van der Waals surface area contributed by atoms with Crippen molar-refractivity contribution in [1.29, 1.82) is 0 Å². The molecule has 2 aliphatic carbocycles. The Morgan fingerprint density at radius 1 is 1.29 bits per heavy atom. The highest BCUT2D eigenvalue weighted by Gasteiger charge is 2.35. The van der Waals surface area contributed by atoms with Crippen LogP contribution in [0.4, 0.5) is 5.69 Å². The maximum Gasteiger partial charge on any atom is 0.0351 e. The highest BCUT2D eigenvalue weighted by Crippen LogP contribution is 2.43. The van der Waals surface area contributed by atoms with Crippen LogP contribution in [-0.4, -0.2) is 6.54 Å². The number of hydrogen-bond donors (Lipinski definition) is 1. The van der Waals surface area contributed by atoms with Crippen LogP contribution in [0, 0.1) is 28.2 Å². The Balaban J connectivity index is 1.61. The Labute approximate surface area is 117 Å². The number of nitrogens with one attached hydrogen (secondary N) is 1. The van der Waals surface area contributed by atoms with Gasteiger partial charge < -0.3 is 5.32 Å². The first-order valence-corrected chi connectivity index (χ1v) is 7.48. The molecule has 1 nitrogen and oxygen atoms in total. The Kier molecular flexibility index (Phi) is 3.16. The summed E-state index contributed by atoms with van der Waals surface area (Å²) in [4.78, 5) is 0. The molecule has 1 fully saturated rings. The van der Waals surface area contributed by atoms with Crippen molar-refractivity contribution in [3.05, 3.63) is 39.5 Å². The van der Waals surface area contributed by atoms with Crippen LogP contribution in [0.1, 0.15) is 18.4 Å². The summed E-state index contributed by atoms with van der Waals surface area (Å²) in [5, 5.41) is 3.60. The molecule has 2 bridgehead atoms. The van der Waals surface area contributed by atoms with Gasteiger partial charge in [-0.2, -0.15) is 0 Å². The minimum atomic E-state index is 0.844. The van der Waals surface area contributed by atoms with Crippen LogP contribution in [0.5, 0.6) is 0 Å². The lowest BCUT2D eigenvalue weighted by atomic mass is 9.93. The molecule has 90 valence electrons. The van der Waals surface area contributed by atoms with Gasteiger partial charge in [-0.1, -0.05) is 18.2 Å². The topological polar surface area (TPSA) is 12.0 Å². The Morgan fingerprint density at radius 2 is 2.18 bits per heavy atom. The predicted molar refractivity (Wildman–Crippen MR) is 81.2 cm³/mol. The van der Waals surface area contributed by atoms with Crippen molar-refractivity contribution < 1.29 is 0 Å². The molecule has 0 aromatic heterocycles. The first kappa shape index (κ1) is 11.6. The Bertz CT molecular complexity index is 452. The monoisotopic (exact) mass is 339 g/mol. The number of anilines is 1. The number of hydrogen-bond acceptors (Lipinski definition) is 1. The van der Waals surface area contributed by atoms with E-state index in [0.717, 1.165) is 24.3 Å². The van der Waals surface area contributed by atoms with Gasteiger partial charge in [0, 0.05) is 15.8 Å². The van der Waals surface area contributed by atoms with Crippen LogP contribution in [-0.2, 0) is 0 Å². The van der Waals surface area contributed by atoms with Gasteiger partial charge in [0.15, 0.2) is 0 Å². The van der Waals surface area contributed by atoms with E-state index in [1.165, 1.54) is 27.7 Å². The third kappa shape index (κ3) is 2.37. The molecule has 0 aliphatic heterocycles. The molecule has 3 unspecified atom stereocenters. The zero-order valence-corrected chi connectivity index (χ0v) is 12.3. The fraction of sp³-hybridized carbons (Fsp3) is 0.467. The summed E-state index contributed by atoms with van der Waals surface area (Å²) in [7, 11) is 0. The van der Waals surface area contributed by atoms with Crippen molar-refractivity contribution >= 4 is 28.3 Å². The number of benzene rings is 1. The van der Waals surface area contributed by atoms with Crippen LogP contribution < -0.4 is 5.32 Å². The molecule has 1 saturated carbocycles. The van der Waals surface area contributed by atoms with Gasteiger partial charge >= 0.3 is 0 Å². The fourth-order valence-electron chi connectivity index (χ4n) is 3.08. The fourth-order valence-corrected chi connectivity index (χ4v) is 3.60. The summed E-state index contributed by atoms with van der Waals surface area (Å²) in [6.45, 7) is 3.29. The van der Waals surface area contributed by atoms with Crippen molar-refractivity contribution in [3.8, 4) is 0 Å². The van der Waals surface area contributed by atoms with Gasteiger partial charge in [-0.3, -0.25) is 0 Å². The van der Waals surface area contributed by atoms with Gasteiger partial charge in [-0.25, -0.2) is 0 Å². The van der Waals surface area contributed by atoms with Crippen LogP contribution in [0.15, 0.2) is 30.4 Å². The zero-order chi connectivity index (χ0) is 11.8. The van der Waals surface area contributed by atoms with E-state index in [1.807, 2.05) is 0 Å². The molecular weight excluding hydrogens is 321 g/mol. The Hall–Kier alpha value is -0.510. The molecule has 0 spiro atoms. The predicted octanol–water partition coefficient (Wildman–Crippen LogP) is 4.22. The van der Waals surface area contributed by atoms with Crippen molar-refractivity contribution in [3.63, 3.8) is 0 Å². The second-order valence-corrected chi connectivity index (χ2v) is 6.55. The van der Waals surface area contributed by atoms with E-state index in [4.69, 9.17) is 0 Å². The highest BCUT2D eigenvalue weighted by atomic mass is 127. The number of allylic oxidation sites excluding steroid dienone is 2. The molecule has 0 heterocycles. The van der Waals surface area contributed by atoms with Crippen molar-refractivity contribution in [2.75, 3.05) is 11.9 Å². The second kappa shape index (κ2) is 4.63. The molecule has 1 N–H and O–H groups in total. The summed E-state index contributed by atoms with van der Waals surface area (Å²) >= 11 is 2.41. The van der Waals surface area contributed by atoms with Crippen LogP contribution in [0.2, 0.25) is 0 Å². The molecule has 0 saturated heterocycles. The van der Waals surface area contributed by atoms with Gasteiger partial charge in [-0.05, 0) is 77.8 Å². The molecule has 3 rings (SSSR count). The first-order chi connectivity index (χ1) is 8.22. The summed E-state index contributed by atoms with van der Waals surface area (Å²) in [6, 6.07) is 6.64. The number of aryl methyl sites for hydroxylation is 1. The van der Waals surface area contributed by atoms with E-state index in [9.17, 15) is 0 Å². The first-order valence-electron chi connectivity index (χ1n) is 6.41. The third-order valence-corrected chi connectivity index (χ3v) is 5.32. The van der Waals surface area contributed by atoms with Gasteiger partial charge in [-0.15, -0.1) is 0 Å². The molecule has 0 radical (unpaired) electrons. The summed E-state index contributed by atoms with van der Waals surface area (Å²) in [6.07, 6.45) is 7.63. The summed E-state index contributed by atoms with van der Waals surface area (Å²) < 4.78 is 1.35. The average Bonchev–Trinajstić information content (AvgIpc) is 2.92. The van der Waals surface area contributed by atoms with Crippen molar-refractivity contribution in [2.24, 2.45) is 17.8 Å². The smallest absolute Gasteiger partial charge is 0.0351 e. The second-order valence-electron chi connectivity index (χ2n) is 5.39. The van der Waals surface area contributed by atoms with Gasteiger partial charge in [0.25, 0.3) is 0 Å². The Morgan fingerprint density at radius 3 is 2.82 bits per heavy atom. The molecule has 17 heavy (non-hydrogen) atoms. The lowest BCUT2D eigenvalue weighted by Crippen LogP contribution is -2.18. The third-order valence-electron chi connectivity index (χ3n) is 4.16. The molecular formula is C15H18IN. The normalized spacial score (nSPS) is 29.9. The van der Waals surface area contributed by atoms with E-state index in [1.54, 1.807) is 0 Å². The standard InChI is InChI=1S/C15H18IN/c1-10-2-5-14(8-15(10)16)17-9-13-7-11-3-4-12(13)6-11/h2-5,8,11-13,17H,6-7,9H2,1H3. The van der Waals surface area contributed by atoms with Crippen molar-refractivity contribution in [2.45, 2.75) is 19.8 Å². The molecule has 1 aromatic rings. The molecule has 2 heteroatoms. The quantitative estimate of drug-likeness (QED) is 0.642. The highest BCUT2D eigenvalue weighted by molar-refractivity contribution is 14.1. The van der Waals surface area contributed by atoms with Gasteiger partial charge in [0.05, 0.1) is 0 Å². The van der Waals surface area contributed by atoms with E-state index in [-0.39, 0.29) is 0 Å². The molecule has 2 aliphatic rings. The molecule has 0 amide bonds. The SMILES string of the molecule is Cc1ccc(NCC2CC3C=CC2C3)cc1I. The van der Waals surface area contributed by atoms with E-state index >= 15 is 0 Å². The maximum atomic E-state index is 3.60. The van der Waals surface area contributed by atoms with Crippen LogP contribution in [0.3, 0.4) is 0 Å². The minimum absolute atomic E-state index is 0.844. The van der Waals surface area contributed by atoms with Gasteiger partial charge in [0.2, 0.25) is 0 Å². The van der Waals surface area contributed by atoms with E-state index < -0.39 is 0 Å². The van der Waals surface area contributed by atoms with Gasteiger partial charge in [0.1, 0.15) is 0 Å². The van der Waals surface area contributed by atoms with Crippen LogP contribution in [0.25, 0.3) is 0 Å². The van der Waals surface area contributed by atoms with E-state index in [0.29, 0.717) is 0 Å². The van der Waals surface area contributed by atoms with Crippen LogP contribution >= 0.6 is 22.6 Å². The minimum Gasteiger partial charge on any atom is -0.385 e. The number of halogens is 1. The largest absolute Gasteiger partial charge is 0.385 e. The number of rotatable bonds is 3. The lowest BCUT2D eigenvalue weighted by Gasteiger charge is -2.19. The summed E-state index contributed by atoms with van der Waals surface area (Å²) in [5.41, 5.74) is 2.63. The summed E-state index contributed by atoms with van der Waals surface area (Å²) in [5.74, 6) is 2.57.